The van der Waals surface area contributed by atoms with Crippen LogP contribution in [0.25, 0.3) is 5.65 Å². The molecule has 1 aliphatic rings. The van der Waals surface area contributed by atoms with E-state index in [4.69, 9.17) is 20.2 Å². The number of likely N-dealkylation sites (tertiary alicyclic amines) is 1. The summed E-state index contributed by atoms with van der Waals surface area (Å²) >= 11 is 0. The summed E-state index contributed by atoms with van der Waals surface area (Å²) in [6.07, 6.45) is 2.23. The standard InChI is InChI=1S/C32H47N7O5/c1-21(2)25-18-35-39-27(38(30(42)43-31(3,4)5)19-22-10-8-11-23(33)16-22)17-26(36-28(25)39)34-14-13-32(6,7)44-29(41)37-15-9-12-24(40)20-37/h8,10-11,16-18,21,24,40H,9,12-15,19-20,33H2,1-7H3,(H,34,36). The zero-order valence-electron chi connectivity index (χ0n) is 27.0. The fourth-order valence-corrected chi connectivity index (χ4v) is 5.05. The third-order valence-electron chi connectivity index (χ3n) is 7.34. The van der Waals surface area contributed by atoms with Crippen LogP contribution in [0.5, 0.6) is 0 Å². The molecule has 2 aromatic heterocycles. The number of aromatic nitrogens is 3. The average Bonchev–Trinajstić information content (AvgIpc) is 3.34. The van der Waals surface area contributed by atoms with Gasteiger partial charge in [-0.2, -0.15) is 9.61 Å². The number of β-amino-alcohol motifs (C(OH)–C–C–N with tert-alkyl or cyclic N) is 1. The number of hydrogen-bond donors (Lipinski definition) is 3. The van der Waals surface area contributed by atoms with Gasteiger partial charge in [-0.3, -0.25) is 4.90 Å². The summed E-state index contributed by atoms with van der Waals surface area (Å²) in [4.78, 5) is 34.4. The number of aliphatic hydroxyl groups excluding tert-OH is 1. The number of benzene rings is 1. The van der Waals surface area contributed by atoms with Crippen LogP contribution in [-0.2, 0) is 16.0 Å². The number of nitrogen functional groups attached to an aromatic ring is 1. The molecule has 0 bridgehead atoms. The molecule has 1 aromatic carbocycles. The van der Waals surface area contributed by atoms with Gasteiger partial charge in [0, 0.05) is 43.4 Å². The Morgan fingerprint density at radius 2 is 1.93 bits per heavy atom. The number of aliphatic hydroxyl groups is 1. The van der Waals surface area contributed by atoms with Gasteiger partial charge < -0.3 is 30.5 Å². The van der Waals surface area contributed by atoms with E-state index in [2.05, 4.69) is 24.3 Å². The lowest BCUT2D eigenvalue weighted by Gasteiger charge is -2.33. The van der Waals surface area contributed by atoms with E-state index in [-0.39, 0.29) is 19.0 Å². The molecule has 1 atom stereocenters. The molecule has 4 N–H and O–H groups in total. The molecule has 2 amide bonds. The first kappa shape index (κ1) is 32.8. The minimum Gasteiger partial charge on any atom is -0.443 e. The number of carbonyl (C=O) groups excluding carboxylic acids is 2. The van der Waals surface area contributed by atoms with Crippen molar-refractivity contribution in [3.05, 3.63) is 47.7 Å². The van der Waals surface area contributed by atoms with Gasteiger partial charge >= 0.3 is 12.2 Å². The molecular weight excluding hydrogens is 562 g/mol. The maximum atomic E-state index is 13.7. The molecule has 1 unspecified atom stereocenters. The maximum absolute atomic E-state index is 13.7. The van der Waals surface area contributed by atoms with Crippen LogP contribution >= 0.6 is 0 Å². The number of rotatable bonds is 9. The van der Waals surface area contributed by atoms with Crippen LogP contribution in [0.3, 0.4) is 0 Å². The van der Waals surface area contributed by atoms with E-state index in [1.54, 1.807) is 27.7 Å². The minimum atomic E-state index is -0.769. The molecule has 12 nitrogen and oxygen atoms in total. The zero-order chi connectivity index (χ0) is 32.2. The number of fused-ring (bicyclic) bond motifs is 1. The number of amides is 2. The summed E-state index contributed by atoms with van der Waals surface area (Å²) in [5.41, 5.74) is 7.54. The first-order chi connectivity index (χ1) is 20.6. The molecule has 12 heteroatoms. The predicted octanol–water partition coefficient (Wildman–Crippen LogP) is 5.55. The van der Waals surface area contributed by atoms with Crippen LogP contribution < -0.4 is 16.0 Å². The van der Waals surface area contributed by atoms with Crippen molar-refractivity contribution in [2.45, 2.75) is 97.5 Å². The maximum Gasteiger partial charge on any atom is 0.416 e. The van der Waals surface area contributed by atoms with Gasteiger partial charge in [0.2, 0.25) is 0 Å². The Morgan fingerprint density at radius 3 is 2.59 bits per heavy atom. The number of nitrogens with one attached hydrogen (secondary N) is 1. The summed E-state index contributed by atoms with van der Waals surface area (Å²) in [5.74, 6) is 1.16. The second-order valence-electron chi connectivity index (χ2n) is 13.3. The largest absolute Gasteiger partial charge is 0.443 e. The van der Waals surface area contributed by atoms with Crippen LogP contribution in [0.2, 0.25) is 0 Å². The lowest BCUT2D eigenvalue weighted by molar-refractivity contribution is -0.00661. The molecule has 0 spiro atoms. The Hall–Kier alpha value is -4.06. The fraction of sp³-hybridized carbons (Fsp3) is 0.562. The monoisotopic (exact) mass is 609 g/mol. The number of piperidine rings is 1. The van der Waals surface area contributed by atoms with Gasteiger partial charge in [-0.15, -0.1) is 0 Å². The molecule has 3 heterocycles. The number of ether oxygens (including phenoxy) is 2. The molecular formula is C32H47N7O5. The van der Waals surface area contributed by atoms with Crippen molar-refractivity contribution in [3.63, 3.8) is 0 Å². The summed E-state index contributed by atoms with van der Waals surface area (Å²) in [6.45, 7) is 14.8. The summed E-state index contributed by atoms with van der Waals surface area (Å²) in [7, 11) is 0. The number of carbonyl (C=O) groups is 2. The Bertz CT molecular complexity index is 1460. The van der Waals surface area contributed by atoms with Gasteiger partial charge in [0.25, 0.3) is 0 Å². The van der Waals surface area contributed by atoms with Gasteiger partial charge in [0.15, 0.2) is 5.65 Å². The Kier molecular flexibility index (Phi) is 9.92. The number of nitrogens with two attached hydrogens (primary N) is 1. The molecule has 0 aliphatic carbocycles. The second-order valence-corrected chi connectivity index (χ2v) is 13.3. The fourth-order valence-electron chi connectivity index (χ4n) is 5.05. The molecule has 1 saturated heterocycles. The van der Waals surface area contributed by atoms with Crippen LogP contribution in [0.4, 0.5) is 26.9 Å². The normalized spacial score (nSPS) is 15.8. The van der Waals surface area contributed by atoms with E-state index >= 15 is 0 Å². The third-order valence-corrected chi connectivity index (χ3v) is 7.34. The third kappa shape index (κ3) is 8.52. The van der Waals surface area contributed by atoms with E-state index in [1.165, 1.54) is 4.90 Å². The van der Waals surface area contributed by atoms with Gasteiger partial charge in [-0.25, -0.2) is 14.6 Å². The minimum absolute atomic E-state index is 0.138. The summed E-state index contributed by atoms with van der Waals surface area (Å²) in [5, 5.41) is 17.9. The molecule has 0 radical (unpaired) electrons. The summed E-state index contributed by atoms with van der Waals surface area (Å²) in [6, 6.07) is 9.15. The quantitative estimate of drug-likeness (QED) is 0.266. The number of hydrogen-bond acceptors (Lipinski definition) is 9. The SMILES string of the molecule is CC(C)c1cnn2c(N(Cc3cccc(N)c3)C(=O)OC(C)(C)C)cc(NCCC(C)(C)OC(=O)N3CCCC(O)C3)nc12. The van der Waals surface area contributed by atoms with Crippen molar-refractivity contribution in [1.82, 2.24) is 19.5 Å². The van der Waals surface area contributed by atoms with Crippen LogP contribution in [-0.4, -0.2) is 73.7 Å². The molecule has 1 aliphatic heterocycles. The molecule has 3 aromatic rings. The van der Waals surface area contributed by atoms with Crippen LogP contribution in [0, 0.1) is 0 Å². The van der Waals surface area contributed by atoms with E-state index in [0.717, 1.165) is 17.5 Å². The highest BCUT2D eigenvalue weighted by Crippen LogP contribution is 2.29. The zero-order valence-corrected chi connectivity index (χ0v) is 27.0. The molecule has 4 rings (SSSR count). The van der Waals surface area contributed by atoms with E-state index < -0.39 is 29.5 Å². The second kappa shape index (κ2) is 13.3. The summed E-state index contributed by atoms with van der Waals surface area (Å²) < 4.78 is 13.3. The highest BCUT2D eigenvalue weighted by atomic mass is 16.6. The lowest BCUT2D eigenvalue weighted by atomic mass is 10.1. The van der Waals surface area contributed by atoms with Crippen molar-refractivity contribution < 1.29 is 24.2 Å². The topological polar surface area (TPSA) is 148 Å². The Balaban J connectivity index is 1.61. The van der Waals surface area contributed by atoms with Crippen molar-refractivity contribution in [1.29, 1.82) is 0 Å². The molecule has 0 saturated carbocycles. The average molecular weight is 610 g/mol. The number of anilines is 3. The predicted molar refractivity (Wildman–Crippen MR) is 171 cm³/mol. The van der Waals surface area contributed by atoms with Gasteiger partial charge in [-0.1, -0.05) is 26.0 Å². The highest BCUT2D eigenvalue weighted by Gasteiger charge is 2.30. The van der Waals surface area contributed by atoms with Gasteiger partial charge in [-0.05, 0) is 71.1 Å². The first-order valence-corrected chi connectivity index (χ1v) is 15.3. The number of nitrogens with zero attached hydrogens (tertiary/aromatic N) is 5. The van der Waals surface area contributed by atoms with Crippen molar-refractivity contribution in [2.24, 2.45) is 0 Å². The van der Waals surface area contributed by atoms with Gasteiger partial charge in [0.05, 0.1) is 18.8 Å². The smallest absolute Gasteiger partial charge is 0.416 e. The van der Waals surface area contributed by atoms with E-state index in [0.29, 0.717) is 48.9 Å². The van der Waals surface area contributed by atoms with Crippen molar-refractivity contribution >= 4 is 35.2 Å². The van der Waals surface area contributed by atoms with E-state index in [9.17, 15) is 14.7 Å². The van der Waals surface area contributed by atoms with Crippen LogP contribution in [0.15, 0.2) is 36.5 Å². The van der Waals surface area contributed by atoms with Crippen molar-refractivity contribution in [2.75, 3.05) is 35.6 Å². The molecule has 44 heavy (non-hydrogen) atoms. The van der Waals surface area contributed by atoms with Crippen molar-refractivity contribution in [3.8, 4) is 0 Å². The highest BCUT2D eigenvalue weighted by molar-refractivity contribution is 5.88. The molecule has 1 fully saturated rings. The van der Waals surface area contributed by atoms with Gasteiger partial charge in [0.1, 0.15) is 22.8 Å². The molecule has 240 valence electrons. The van der Waals surface area contributed by atoms with E-state index in [1.807, 2.05) is 52.8 Å². The lowest BCUT2D eigenvalue weighted by Crippen LogP contribution is -2.45. The Morgan fingerprint density at radius 1 is 1.18 bits per heavy atom. The van der Waals surface area contributed by atoms with Crippen LogP contribution in [0.1, 0.15) is 84.8 Å². The Labute approximate surface area is 259 Å². The first-order valence-electron chi connectivity index (χ1n) is 15.3.